The molecule has 1 aromatic rings. The summed E-state index contributed by atoms with van der Waals surface area (Å²) in [6.45, 7) is -1.81. The van der Waals surface area contributed by atoms with E-state index in [1.807, 2.05) is 0 Å². The van der Waals surface area contributed by atoms with Crippen LogP contribution in [0.1, 0.15) is 12.0 Å². The summed E-state index contributed by atoms with van der Waals surface area (Å²) in [6.07, 6.45) is -3.51. The smallest absolute Gasteiger partial charge is 0.409 e. The van der Waals surface area contributed by atoms with E-state index in [1.54, 1.807) is 0 Å². The van der Waals surface area contributed by atoms with Gasteiger partial charge in [0.2, 0.25) is 5.91 Å². The Morgan fingerprint density at radius 1 is 1.60 bits per heavy atom. The Kier molecular flexibility index (Phi) is 5.32. The van der Waals surface area contributed by atoms with E-state index >= 15 is 0 Å². The van der Waals surface area contributed by atoms with Crippen molar-refractivity contribution >= 4 is 17.6 Å². The number of aromatic nitrogens is 2. The number of amidine groups is 1. The van der Waals surface area contributed by atoms with Crippen LogP contribution < -0.4 is 11.1 Å². The number of H-pyrrole nitrogens is 1. The van der Waals surface area contributed by atoms with Crippen molar-refractivity contribution in [2.45, 2.75) is 12.6 Å². The van der Waals surface area contributed by atoms with Crippen molar-refractivity contribution in [2.75, 3.05) is 18.5 Å². The zero-order valence-electron chi connectivity index (χ0n) is 10.1. The highest BCUT2D eigenvalue weighted by molar-refractivity contribution is 6.04. The summed E-state index contributed by atoms with van der Waals surface area (Å²) >= 11 is 0. The fourth-order valence-electron chi connectivity index (χ4n) is 1.18. The molecule has 0 saturated heterocycles. The number of nitrogens with zero attached hydrogens (tertiary/aromatic N) is 2. The minimum atomic E-state index is -4.43. The minimum Gasteiger partial charge on any atom is -0.409 e. The highest BCUT2D eigenvalue weighted by atomic mass is 19.4. The van der Waals surface area contributed by atoms with Crippen LogP contribution in [0.3, 0.4) is 0 Å². The molecule has 1 rings (SSSR count). The zero-order chi connectivity index (χ0) is 15.2. The maximum atomic E-state index is 11.8. The first-order valence-corrected chi connectivity index (χ1v) is 5.29. The number of alkyl halides is 3. The van der Waals surface area contributed by atoms with Crippen molar-refractivity contribution in [1.82, 2.24) is 10.2 Å². The molecule has 1 heterocycles. The number of rotatable bonds is 6. The molecule has 112 valence electrons. The number of carbonyl (C=O) groups is 1. The van der Waals surface area contributed by atoms with E-state index < -0.39 is 25.3 Å². The van der Waals surface area contributed by atoms with Gasteiger partial charge in [-0.3, -0.25) is 9.89 Å². The van der Waals surface area contributed by atoms with Gasteiger partial charge in [0, 0.05) is 0 Å². The molecule has 0 spiro atoms. The summed E-state index contributed by atoms with van der Waals surface area (Å²) in [5.41, 5.74) is 5.47. The molecule has 0 aliphatic heterocycles. The summed E-state index contributed by atoms with van der Waals surface area (Å²) in [7, 11) is 0. The molecule has 0 saturated carbocycles. The fourth-order valence-corrected chi connectivity index (χ4v) is 1.18. The molecular weight excluding hydrogens is 283 g/mol. The van der Waals surface area contributed by atoms with Crippen molar-refractivity contribution in [3.05, 3.63) is 11.8 Å². The predicted octanol–water partition coefficient (Wildman–Crippen LogP) is 0.412. The quantitative estimate of drug-likeness (QED) is 0.199. The Morgan fingerprint density at radius 3 is 2.90 bits per heavy atom. The van der Waals surface area contributed by atoms with Crippen molar-refractivity contribution in [3.63, 3.8) is 0 Å². The Labute approximate surface area is 110 Å². The van der Waals surface area contributed by atoms with Crippen LogP contribution in [0, 0.1) is 0 Å². The van der Waals surface area contributed by atoms with Crippen LogP contribution in [0.5, 0.6) is 0 Å². The van der Waals surface area contributed by atoms with Crippen molar-refractivity contribution in [3.8, 4) is 0 Å². The second-order valence-corrected chi connectivity index (χ2v) is 3.61. The fraction of sp³-hybridized carbons (Fsp3) is 0.444. The molecule has 8 nitrogen and oxygen atoms in total. The summed E-state index contributed by atoms with van der Waals surface area (Å²) in [6, 6.07) is 0. The lowest BCUT2D eigenvalue weighted by Crippen LogP contribution is -2.21. The third kappa shape index (κ3) is 5.14. The number of anilines is 1. The molecule has 0 radical (unpaired) electrons. The maximum absolute atomic E-state index is 11.8. The number of carbonyl (C=O) groups excluding carboxylic acids is 1. The molecule has 0 atom stereocenters. The molecule has 0 bridgehead atoms. The van der Waals surface area contributed by atoms with Crippen LogP contribution in [0.25, 0.3) is 0 Å². The molecular formula is C9H12F3N5O3. The van der Waals surface area contributed by atoms with E-state index in [1.165, 1.54) is 6.20 Å². The number of nitrogens with two attached hydrogens (primary N) is 1. The number of oxime groups is 1. The normalized spacial score (nSPS) is 12.4. The summed E-state index contributed by atoms with van der Waals surface area (Å²) in [5, 5.41) is 19.5. The van der Waals surface area contributed by atoms with E-state index in [9.17, 15) is 18.0 Å². The Balaban J connectivity index is 2.42. The van der Waals surface area contributed by atoms with Gasteiger partial charge in [-0.1, -0.05) is 5.16 Å². The molecule has 0 fully saturated rings. The Bertz CT molecular complexity index is 485. The zero-order valence-corrected chi connectivity index (χ0v) is 10.1. The average Bonchev–Trinajstić information content (AvgIpc) is 2.80. The van der Waals surface area contributed by atoms with Gasteiger partial charge < -0.3 is 21.0 Å². The van der Waals surface area contributed by atoms with Gasteiger partial charge in [0.05, 0.1) is 24.8 Å². The lowest BCUT2D eigenvalue weighted by Gasteiger charge is -2.08. The second kappa shape index (κ2) is 6.75. The minimum absolute atomic E-state index is 0.0705. The summed E-state index contributed by atoms with van der Waals surface area (Å²) in [5.74, 6) is -0.813. The molecule has 11 heteroatoms. The number of aromatic amines is 1. The van der Waals surface area contributed by atoms with Crippen LogP contribution in [0.2, 0.25) is 0 Å². The van der Waals surface area contributed by atoms with Gasteiger partial charge in [-0.25, -0.2) is 0 Å². The first-order chi connectivity index (χ1) is 9.33. The number of hydrogen-bond donors (Lipinski definition) is 4. The van der Waals surface area contributed by atoms with Gasteiger partial charge >= 0.3 is 6.18 Å². The third-order valence-corrected chi connectivity index (χ3v) is 2.03. The van der Waals surface area contributed by atoms with Gasteiger partial charge in [0.1, 0.15) is 12.4 Å². The van der Waals surface area contributed by atoms with Crippen molar-refractivity contribution < 1.29 is 27.9 Å². The van der Waals surface area contributed by atoms with E-state index in [4.69, 9.17) is 10.9 Å². The van der Waals surface area contributed by atoms with Crippen LogP contribution in [0.4, 0.5) is 19.0 Å². The monoisotopic (exact) mass is 295 g/mol. The molecule has 1 aromatic heterocycles. The number of amides is 1. The standard InChI is InChI=1S/C9H12F3N5O3/c10-9(11,12)4-20-2-1-6(18)15-8-5(3-14-16-8)7(13)17-19/h3,19H,1-2,4H2,(H2,13,17)(H2,14,15,16,18). The van der Waals surface area contributed by atoms with Gasteiger partial charge in [-0.2, -0.15) is 18.3 Å². The predicted molar refractivity (Wildman–Crippen MR) is 61.2 cm³/mol. The third-order valence-electron chi connectivity index (χ3n) is 2.03. The van der Waals surface area contributed by atoms with E-state index in [2.05, 4.69) is 25.4 Å². The molecule has 0 aliphatic carbocycles. The molecule has 20 heavy (non-hydrogen) atoms. The Morgan fingerprint density at radius 2 is 2.30 bits per heavy atom. The first-order valence-electron chi connectivity index (χ1n) is 5.29. The number of ether oxygens (including phenoxy) is 1. The molecule has 1 amide bonds. The van der Waals surface area contributed by atoms with E-state index in [-0.39, 0.29) is 23.6 Å². The van der Waals surface area contributed by atoms with Gasteiger partial charge in [0.25, 0.3) is 0 Å². The summed E-state index contributed by atoms with van der Waals surface area (Å²) in [4.78, 5) is 11.4. The number of hydrogen-bond acceptors (Lipinski definition) is 5. The second-order valence-electron chi connectivity index (χ2n) is 3.61. The highest BCUT2D eigenvalue weighted by Gasteiger charge is 2.27. The number of halogens is 3. The van der Waals surface area contributed by atoms with Crippen molar-refractivity contribution in [1.29, 1.82) is 0 Å². The maximum Gasteiger partial charge on any atom is 0.411 e. The molecule has 0 aromatic carbocycles. The van der Waals surface area contributed by atoms with Crippen LogP contribution in [-0.2, 0) is 9.53 Å². The average molecular weight is 295 g/mol. The van der Waals surface area contributed by atoms with Gasteiger partial charge in [-0.15, -0.1) is 0 Å². The lowest BCUT2D eigenvalue weighted by atomic mass is 10.3. The van der Waals surface area contributed by atoms with E-state index in [0.29, 0.717) is 0 Å². The molecule has 0 unspecified atom stereocenters. The first kappa shape index (κ1) is 15.8. The topological polar surface area (TPSA) is 126 Å². The largest absolute Gasteiger partial charge is 0.411 e. The van der Waals surface area contributed by atoms with Crippen LogP contribution >= 0.6 is 0 Å². The number of nitrogens with one attached hydrogen (secondary N) is 2. The van der Waals surface area contributed by atoms with E-state index in [0.717, 1.165) is 0 Å². The summed E-state index contributed by atoms with van der Waals surface area (Å²) < 4.78 is 39.6. The van der Waals surface area contributed by atoms with Crippen molar-refractivity contribution in [2.24, 2.45) is 10.9 Å². The van der Waals surface area contributed by atoms with Gasteiger partial charge in [-0.05, 0) is 0 Å². The SMILES string of the molecule is NC(=NO)c1cn[nH]c1NC(=O)CCOCC(F)(F)F. The highest BCUT2D eigenvalue weighted by Crippen LogP contribution is 2.14. The van der Waals surface area contributed by atoms with Crippen LogP contribution in [-0.4, -0.2) is 46.5 Å². The molecule has 5 N–H and O–H groups in total. The van der Waals surface area contributed by atoms with Crippen LogP contribution in [0.15, 0.2) is 11.4 Å². The molecule has 0 aliphatic rings. The lowest BCUT2D eigenvalue weighted by molar-refractivity contribution is -0.174. The van der Waals surface area contributed by atoms with Gasteiger partial charge in [0.15, 0.2) is 5.84 Å². The Hall–Kier alpha value is -2.30.